The first-order valence-corrected chi connectivity index (χ1v) is 5.83. The molecule has 2 aliphatic rings. The van der Waals surface area contributed by atoms with Crippen molar-refractivity contribution < 1.29 is 13.2 Å². The van der Waals surface area contributed by atoms with E-state index in [0.717, 1.165) is 23.9 Å². The summed E-state index contributed by atoms with van der Waals surface area (Å²) >= 11 is 0. The Morgan fingerprint density at radius 3 is 2.59 bits per heavy atom. The van der Waals surface area contributed by atoms with E-state index >= 15 is 0 Å². The van der Waals surface area contributed by atoms with Gasteiger partial charge in [-0.2, -0.15) is 23.3 Å². The minimum atomic E-state index is -4.25. The van der Waals surface area contributed by atoms with Gasteiger partial charge in [0, 0.05) is 12.5 Å². The summed E-state index contributed by atoms with van der Waals surface area (Å²) in [5, 5.41) is 6.92. The summed E-state index contributed by atoms with van der Waals surface area (Å²) < 4.78 is 39.4. The molecule has 1 aliphatic carbocycles. The van der Waals surface area contributed by atoms with Crippen LogP contribution in [0.5, 0.6) is 0 Å². The Morgan fingerprint density at radius 1 is 1.24 bits per heavy atom. The maximum atomic E-state index is 12.8. The molecule has 2 heterocycles. The third kappa shape index (κ3) is 1.77. The summed E-state index contributed by atoms with van der Waals surface area (Å²) in [7, 11) is 0. The molecule has 4 nitrogen and oxygen atoms in total. The molecule has 1 aromatic rings. The summed E-state index contributed by atoms with van der Waals surface area (Å²) in [5.41, 5.74) is 0. The van der Waals surface area contributed by atoms with Crippen molar-refractivity contribution in [1.29, 1.82) is 0 Å². The lowest BCUT2D eigenvalue weighted by Gasteiger charge is -2.26. The van der Waals surface area contributed by atoms with Crippen LogP contribution in [0.4, 0.5) is 19.1 Å². The summed E-state index contributed by atoms with van der Waals surface area (Å²) in [6.45, 7) is 0.299. The number of hydrogen-bond acceptors (Lipinski definition) is 3. The Balaban J connectivity index is 1.93. The minimum absolute atomic E-state index is 0.0178. The molecule has 1 fully saturated rings. The lowest BCUT2D eigenvalue weighted by molar-refractivity contribution is -0.172. The van der Waals surface area contributed by atoms with Crippen molar-refractivity contribution in [2.24, 2.45) is 0 Å². The second-order valence-electron chi connectivity index (χ2n) is 4.64. The monoisotopic (exact) mass is 246 g/mol. The molecule has 0 aromatic carbocycles. The highest BCUT2D eigenvalue weighted by atomic mass is 19.4. The first-order valence-electron chi connectivity index (χ1n) is 5.83. The van der Waals surface area contributed by atoms with Gasteiger partial charge in [-0.1, -0.05) is 6.42 Å². The Bertz CT molecular complexity index is 422. The minimum Gasteiger partial charge on any atom is -0.354 e. The number of hydrogen-bond donors (Lipinski definition) is 1. The smallest absolute Gasteiger partial charge is 0.354 e. The fourth-order valence-electron chi connectivity index (χ4n) is 2.26. The highest BCUT2D eigenvalue weighted by Gasteiger charge is 2.44. The Morgan fingerprint density at radius 2 is 2.00 bits per heavy atom. The standard InChI is InChI=1S/C10H13F3N4/c11-10(12,13)7-4-5-14-9-15-8(16-17(7)9)6-2-1-3-6/h6-7H,1-5H2,(H,14,15,16). The van der Waals surface area contributed by atoms with Crippen molar-refractivity contribution in [2.45, 2.75) is 43.8 Å². The molecule has 3 rings (SSSR count). The van der Waals surface area contributed by atoms with E-state index in [2.05, 4.69) is 15.4 Å². The van der Waals surface area contributed by atoms with Gasteiger partial charge in [0.15, 0.2) is 11.9 Å². The molecule has 0 amide bonds. The molecule has 1 aliphatic heterocycles. The third-order valence-electron chi connectivity index (χ3n) is 3.49. The van der Waals surface area contributed by atoms with Crippen molar-refractivity contribution in [2.75, 3.05) is 11.9 Å². The summed E-state index contributed by atoms with van der Waals surface area (Å²) in [4.78, 5) is 4.18. The highest BCUT2D eigenvalue weighted by molar-refractivity contribution is 5.29. The molecule has 0 spiro atoms. The van der Waals surface area contributed by atoms with Crippen LogP contribution in [0.15, 0.2) is 0 Å². The van der Waals surface area contributed by atoms with Gasteiger partial charge in [0.2, 0.25) is 5.95 Å². The Kier molecular flexibility index (Phi) is 2.31. The zero-order chi connectivity index (χ0) is 12.0. The van der Waals surface area contributed by atoms with Crippen LogP contribution in [0.3, 0.4) is 0 Å². The van der Waals surface area contributed by atoms with E-state index in [1.165, 1.54) is 0 Å². The number of halogens is 3. The third-order valence-corrected chi connectivity index (χ3v) is 3.49. The van der Waals surface area contributed by atoms with Crippen LogP contribution < -0.4 is 5.32 Å². The number of nitrogens with zero attached hydrogens (tertiary/aromatic N) is 3. The van der Waals surface area contributed by atoms with Gasteiger partial charge in [-0.05, 0) is 19.3 Å². The predicted molar refractivity (Wildman–Crippen MR) is 54.8 cm³/mol. The summed E-state index contributed by atoms with van der Waals surface area (Å²) in [6, 6.07) is -1.53. The second kappa shape index (κ2) is 3.61. The SMILES string of the molecule is FC(F)(F)C1CCNc2nc(C3CCC3)nn21. The maximum Gasteiger partial charge on any atom is 0.411 e. The van der Waals surface area contributed by atoms with Crippen molar-refractivity contribution in [1.82, 2.24) is 14.8 Å². The van der Waals surface area contributed by atoms with Crippen LogP contribution in [0.2, 0.25) is 0 Å². The fraction of sp³-hybridized carbons (Fsp3) is 0.800. The van der Waals surface area contributed by atoms with Gasteiger partial charge in [-0.3, -0.25) is 0 Å². The van der Waals surface area contributed by atoms with Crippen LogP contribution in [0.25, 0.3) is 0 Å². The van der Waals surface area contributed by atoms with Crippen molar-refractivity contribution in [3.63, 3.8) is 0 Å². The van der Waals surface area contributed by atoms with Crippen LogP contribution in [0.1, 0.15) is 43.5 Å². The number of anilines is 1. The van der Waals surface area contributed by atoms with Crippen LogP contribution in [-0.2, 0) is 0 Å². The normalized spacial score (nSPS) is 25.0. The van der Waals surface area contributed by atoms with Gasteiger partial charge in [-0.15, -0.1) is 0 Å². The molecule has 0 radical (unpaired) electrons. The molecule has 7 heteroatoms. The van der Waals surface area contributed by atoms with Gasteiger partial charge in [0.1, 0.15) is 0 Å². The van der Waals surface area contributed by atoms with Crippen molar-refractivity contribution in [3.8, 4) is 0 Å². The van der Waals surface area contributed by atoms with Crippen LogP contribution >= 0.6 is 0 Å². The number of alkyl halides is 3. The molecule has 94 valence electrons. The number of nitrogens with one attached hydrogen (secondary N) is 1. The molecule has 1 aromatic heterocycles. The average molecular weight is 246 g/mol. The van der Waals surface area contributed by atoms with Gasteiger partial charge in [-0.25, -0.2) is 4.68 Å². The zero-order valence-electron chi connectivity index (χ0n) is 9.17. The number of rotatable bonds is 1. The summed E-state index contributed by atoms with van der Waals surface area (Å²) in [5.74, 6) is 1.08. The lowest BCUT2D eigenvalue weighted by atomic mass is 9.85. The number of fused-ring (bicyclic) bond motifs is 1. The molecule has 17 heavy (non-hydrogen) atoms. The fourth-order valence-corrected chi connectivity index (χ4v) is 2.26. The van der Waals surface area contributed by atoms with E-state index in [-0.39, 0.29) is 18.3 Å². The Hall–Kier alpha value is -1.27. The molecule has 0 saturated heterocycles. The van der Waals surface area contributed by atoms with E-state index in [1.807, 2.05) is 0 Å². The van der Waals surface area contributed by atoms with E-state index < -0.39 is 12.2 Å². The highest BCUT2D eigenvalue weighted by Crippen LogP contribution is 2.39. The van der Waals surface area contributed by atoms with Gasteiger partial charge in [0.05, 0.1) is 0 Å². The molecule has 0 bridgehead atoms. The molecule has 1 N–H and O–H groups in total. The van der Waals surface area contributed by atoms with Gasteiger partial charge in [0.25, 0.3) is 0 Å². The lowest BCUT2D eigenvalue weighted by Crippen LogP contribution is -2.34. The zero-order valence-corrected chi connectivity index (χ0v) is 9.17. The topological polar surface area (TPSA) is 42.7 Å². The van der Waals surface area contributed by atoms with Crippen molar-refractivity contribution in [3.05, 3.63) is 5.82 Å². The molecular formula is C10H13F3N4. The molecule has 1 saturated carbocycles. The van der Waals surface area contributed by atoms with E-state index in [9.17, 15) is 13.2 Å². The first kappa shape index (κ1) is 10.9. The molecular weight excluding hydrogens is 233 g/mol. The Labute approximate surface area is 96.2 Å². The first-order chi connectivity index (χ1) is 8.05. The van der Waals surface area contributed by atoms with Crippen LogP contribution in [-0.4, -0.2) is 27.5 Å². The number of aromatic nitrogens is 3. The predicted octanol–water partition coefficient (Wildman–Crippen LogP) is 2.46. The quantitative estimate of drug-likeness (QED) is 0.827. The molecule has 1 atom stereocenters. The average Bonchev–Trinajstić information content (AvgIpc) is 2.55. The largest absolute Gasteiger partial charge is 0.411 e. The van der Waals surface area contributed by atoms with E-state index in [4.69, 9.17) is 0 Å². The summed E-state index contributed by atoms with van der Waals surface area (Å²) in [6.07, 6.45) is -1.14. The molecule has 1 unspecified atom stereocenters. The van der Waals surface area contributed by atoms with E-state index in [0.29, 0.717) is 12.4 Å². The van der Waals surface area contributed by atoms with Crippen molar-refractivity contribution >= 4 is 5.95 Å². The van der Waals surface area contributed by atoms with Crippen LogP contribution in [0, 0.1) is 0 Å². The van der Waals surface area contributed by atoms with E-state index in [1.54, 1.807) is 0 Å². The second-order valence-corrected chi connectivity index (χ2v) is 4.64. The van der Waals surface area contributed by atoms with Gasteiger partial charge < -0.3 is 5.32 Å². The van der Waals surface area contributed by atoms with Gasteiger partial charge >= 0.3 is 6.18 Å². The maximum absolute atomic E-state index is 12.8.